The van der Waals surface area contributed by atoms with Gasteiger partial charge in [-0.25, -0.2) is 9.59 Å². The Bertz CT molecular complexity index is 762. The summed E-state index contributed by atoms with van der Waals surface area (Å²) >= 11 is 12.4. The number of nitrogens with zero attached hydrogens (tertiary/aromatic N) is 2. The molecule has 4 nitrogen and oxygen atoms in total. The molecule has 0 amide bonds. The van der Waals surface area contributed by atoms with Gasteiger partial charge in [0.05, 0.1) is 10.0 Å². The third-order valence-corrected chi connectivity index (χ3v) is 4.11. The van der Waals surface area contributed by atoms with Gasteiger partial charge in [-0.15, -0.1) is 0 Å². The van der Waals surface area contributed by atoms with Gasteiger partial charge in [-0.2, -0.15) is 9.98 Å². The van der Waals surface area contributed by atoms with Crippen molar-refractivity contribution < 1.29 is 9.59 Å². The van der Waals surface area contributed by atoms with Gasteiger partial charge in [-0.3, -0.25) is 0 Å². The first-order valence-electron chi connectivity index (χ1n) is 6.30. The van der Waals surface area contributed by atoms with E-state index in [2.05, 4.69) is 9.98 Å². The molecule has 2 rings (SSSR count). The summed E-state index contributed by atoms with van der Waals surface area (Å²) in [5.74, 6) is 0. The van der Waals surface area contributed by atoms with E-state index in [0.29, 0.717) is 17.5 Å². The molecule has 0 heterocycles. The monoisotopic (exact) mass is 332 g/mol. The molecule has 2 aromatic carbocycles. The smallest absolute Gasteiger partial charge is 0.211 e. The van der Waals surface area contributed by atoms with E-state index in [1.54, 1.807) is 6.92 Å². The standard InChI is InChI=1S/C16H10Cl2N2O2/c1-10-13(17)15(19-8-21)12(16(14(10)18)20-9-22)7-11-5-3-2-4-6-11/h2-6H,7H2,1H3. The van der Waals surface area contributed by atoms with Crippen LogP contribution in [0, 0.1) is 6.92 Å². The Morgan fingerprint density at radius 2 is 1.45 bits per heavy atom. The van der Waals surface area contributed by atoms with Gasteiger partial charge in [0.1, 0.15) is 11.4 Å². The fourth-order valence-corrected chi connectivity index (χ4v) is 2.67. The quantitative estimate of drug-likeness (QED) is 0.594. The van der Waals surface area contributed by atoms with Crippen molar-refractivity contribution in [3.8, 4) is 0 Å². The SMILES string of the molecule is Cc1c(Cl)c(N=C=O)c(Cc2ccccc2)c(N=C=O)c1Cl. The molecular weight excluding hydrogens is 323 g/mol. The number of hydrogen-bond acceptors (Lipinski definition) is 4. The number of hydrogen-bond donors (Lipinski definition) is 0. The van der Waals surface area contributed by atoms with Gasteiger partial charge >= 0.3 is 0 Å². The van der Waals surface area contributed by atoms with Crippen molar-refractivity contribution in [2.24, 2.45) is 9.98 Å². The van der Waals surface area contributed by atoms with Crippen molar-refractivity contribution in [2.45, 2.75) is 13.3 Å². The highest BCUT2D eigenvalue weighted by Gasteiger charge is 2.20. The molecule has 0 aliphatic carbocycles. The fraction of sp³-hybridized carbons (Fsp3) is 0.125. The highest BCUT2D eigenvalue weighted by atomic mass is 35.5. The number of benzene rings is 2. The topological polar surface area (TPSA) is 58.9 Å². The molecule has 0 saturated carbocycles. The lowest BCUT2D eigenvalue weighted by Crippen LogP contribution is -1.94. The normalized spacial score (nSPS) is 9.77. The molecule has 0 unspecified atom stereocenters. The van der Waals surface area contributed by atoms with E-state index in [-0.39, 0.29) is 21.4 Å². The van der Waals surface area contributed by atoms with Gasteiger partial charge in [0, 0.05) is 12.0 Å². The molecule has 0 saturated heterocycles. The lowest BCUT2D eigenvalue weighted by molar-refractivity contribution is 0.565. The summed E-state index contributed by atoms with van der Waals surface area (Å²) in [7, 11) is 0. The molecule has 0 bridgehead atoms. The molecule has 0 spiro atoms. The third kappa shape index (κ3) is 3.16. The Kier molecular flexibility index (Phi) is 5.26. The summed E-state index contributed by atoms with van der Waals surface area (Å²) in [6.45, 7) is 1.66. The van der Waals surface area contributed by atoms with Gasteiger partial charge in [-0.1, -0.05) is 53.5 Å². The molecule has 6 heteroatoms. The van der Waals surface area contributed by atoms with Crippen LogP contribution in [0.4, 0.5) is 11.4 Å². The minimum atomic E-state index is 0.219. The minimum Gasteiger partial charge on any atom is -0.211 e. The van der Waals surface area contributed by atoms with Crippen LogP contribution in [-0.4, -0.2) is 12.2 Å². The van der Waals surface area contributed by atoms with Crippen LogP contribution < -0.4 is 0 Å². The van der Waals surface area contributed by atoms with Crippen LogP contribution in [0.3, 0.4) is 0 Å². The zero-order valence-electron chi connectivity index (χ0n) is 11.6. The second kappa shape index (κ2) is 7.17. The third-order valence-electron chi connectivity index (χ3n) is 3.18. The molecule has 22 heavy (non-hydrogen) atoms. The van der Waals surface area contributed by atoms with Crippen LogP contribution in [0.15, 0.2) is 40.3 Å². The maximum absolute atomic E-state index is 10.7. The lowest BCUT2D eigenvalue weighted by atomic mass is 9.99. The second-order valence-electron chi connectivity index (χ2n) is 4.50. The lowest BCUT2D eigenvalue weighted by Gasteiger charge is -2.14. The van der Waals surface area contributed by atoms with Crippen molar-refractivity contribution >= 4 is 46.7 Å². The highest BCUT2D eigenvalue weighted by Crippen LogP contribution is 2.45. The van der Waals surface area contributed by atoms with Crippen molar-refractivity contribution in [1.82, 2.24) is 0 Å². The molecule has 0 aromatic heterocycles. The second-order valence-corrected chi connectivity index (χ2v) is 5.25. The van der Waals surface area contributed by atoms with E-state index < -0.39 is 0 Å². The molecule has 0 radical (unpaired) electrons. The van der Waals surface area contributed by atoms with Crippen LogP contribution in [0.25, 0.3) is 0 Å². The Morgan fingerprint density at radius 3 is 1.91 bits per heavy atom. The zero-order valence-corrected chi connectivity index (χ0v) is 13.1. The van der Waals surface area contributed by atoms with Crippen molar-refractivity contribution in [1.29, 1.82) is 0 Å². The summed E-state index contributed by atoms with van der Waals surface area (Å²) in [6, 6.07) is 9.42. The van der Waals surface area contributed by atoms with E-state index in [4.69, 9.17) is 23.2 Å². The number of aliphatic imine (C=N–C) groups is 2. The van der Waals surface area contributed by atoms with E-state index in [0.717, 1.165) is 5.56 Å². The Labute approximate surface area is 137 Å². The van der Waals surface area contributed by atoms with Crippen LogP contribution >= 0.6 is 23.2 Å². The molecular formula is C16H10Cl2N2O2. The summed E-state index contributed by atoms with van der Waals surface area (Å²) in [4.78, 5) is 28.7. The largest absolute Gasteiger partial charge is 0.240 e. The summed E-state index contributed by atoms with van der Waals surface area (Å²) in [5.41, 5.74) is 2.35. The summed E-state index contributed by atoms with van der Waals surface area (Å²) in [6.07, 6.45) is 3.31. The van der Waals surface area contributed by atoms with Gasteiger partial charge in [0.15, 0.2) is 0 Å². The first-order valence-corrected chi connectivity index (χ1v) is 7.05. The predicted molar refractivity (Wildman–Crippen MR) is 86.0 cm³/mol. The molecule has 0 aliphatic heterocycles. The molecule has 0 aliphatic rings. The molecule has 2 aromatic rings. The number of halogens is 2. The van der Waals surface area contributed by atoms with Gasteiger partial charge < -0.3 is 0 Å². The Hall–Kier alpha value is -2.22. The number of isocyanates is 2. The Morgan fingerprint density at radius 1 is 0.955 bits per heavy atom. The van der Waals surface area contributed by atoms with Gasteiger partial charge in [0.2, 0.25) is 12.2 Å². The van der Waals surface area contributed by atoms with Crippen LogP contribution in [0.1, 0.15) is 16.7 Å². The zero-order chi connectivity index (χ0) is 16.1. The van der Waals surface area contributed by atoms with Crippen molar-refractivity contribution in [2.75, 3.05) is 0 Å². The minimum absolute atomic E-state index is 0.219. The van der Waals surface area contributed by atoms with Crippen molar-refractivity contribution in [3.05, 3.63) is 57.1 Å². The number of rotatable bonds is 4. The van der Waals surface area contributed by atoms with Crippen LogP contribution in [-0.2, 0) is 16.0 Å². The first-order chi connectivity index (χ1) is 10.6. The van der Waals surface area contributed by atoms with E-state index in [1.807, 2.05) is 30.3 Å². The predicted octanol–water partition coefficient (Wildman–Crippen LogP) is 4.83. The van der Waals surface area contributed by atoms with Crippen LogP contribution in [0.2, 0.25) is 10.0 Å². The average molecular weight is 333 g/mol. The summed E-state index contributed by atoms with van der Waals surface area (Å²) in [5, 5.41) is 0.480. The molecule has 0 fully saturated rings. The molecule has 0 atom stereocenters. The first kappa shape index (κ1) is 16.2. The molecule has 0 N–H and O–H groups in total. The summed E-state index contributed by atoms with van der Waals surface area (Å²) < 4.78 is 0. The maximum atomic E-state index is 10.7. The van der Waals surface area contributed by atoms with E-state index in [1.165, 1.54) is 12.2 Å². The Balaban J connectivity index is 2.77. The van der Waals surface area contributed by atoms with E-state index in [9.17, 15) is 9.59 Å². The molecule has 110 valence electrons. The number of carbonyl (C=O) groups excluding carboxylic acids is 2. The highest BCUT2D eigenvalue weighted by molar-refractivity contribution is 6.39. The average Bonchev–Trinajstić information content (AvgIpc) is 2.54. The van der Waals surface area contributed by atoms with Gasteiger partial charge in [-0.05, 0) is 18.1 Å². The maximum Gasteiger partial charge on any atom is 0.240 e. The van der Waals surface area contributed by atoms with Gasteiger partial charge in [0.25, 0.3) is 0 Å². The van der Waals surface area contributed by atoms with Crippen LogP contribution in [0.5, 0.6) is 0 Å². The fourth-order valence-electron chi connectivity index (χ4n) is 2.12. The van der Waals surface area contributed by atoms with Crippen molar-refractivity contribution in [3.63, 3.8) is 0 Å². The van der Waals surface area contributed by atoms with E-state index >= 15 is 0 Å².